The van der Waals surface area contributed by atoms with E-state index < -0.39 is 29.7 Å². The van der Waals surface area contributed by atoms with Crippen molar-refractivity contribution in [2.24, 2.45) is 0 Å². The maximum atomic E-state index is 12.9. The summed E-state index contributed by atoms with van der Waals surface area (Å²) in [6.07, 6.45) is 1.87. The summed E-state index contributed by atoms with van der Waals surface area (Å²) in [5.74, 6) is -2.08. The summed E-state index contributed by atoms with van der Waals surface area (Å²) >= 11 is 0. The van der Waals surface area contributed by atoms with E-state index in [0.717, 1.165) is 35.4 Å². The predicted molar refractivity (Wildman–Crippen MR) is 87.6 cm³/mol. The van der Waals surface area contributed by atoms with Crippen LogP contribution in [0.2, 0.25) is 0 Å². The summed E-state index contributed by atoms with van der Waals surface area (Å²) in [5.41, 5.74) is 8.83. The summed E-state index contributed by atoms with van der Waals surface area (Å²) in [5, 5.41) is 5.45. The van der Waals surface area contributed by atoms with Crippen LogP contribution in [0.5, 0.6) is 0 Å². The number of rotatable bonds is 1. The Hall–Kier alpha value is -2.74. The van der Waals surface area contributed by atoms with Gasteiger partial charge in [0, 0.05) is 18.7 Å². The molecule has 0 aromatic heterocycles. The standard InChI is InChI=1S/C17H18N4O4/c18-14-9-2-1-5-19-7-8(9)6-10-13(14)17(25)21(16(10)24)11-3-4-12(22)20-15(11)23/h6,11,19H,1-5,7,18H2,(H,20,22,23). The highest BCUT2D eigenvalue weighted by atomic mass is 16.2. The summed E-state index contributed by atoms with van der Waals surface area (Å²) < 4.78 is 0. The van der Waals surface area contributed by atoms with E-state index in [-0.39, 0.29) is 24.0 Å². The number of fused-ring (bicyclic) bond motifs is 2. The van der Waals surface area contributed by atoms with Crippen LogP contribution < -0.4 is 16.4 Å². The molecule has 8 heteroatoms. The summed E-state index contributed by atoms with van der Waals surface area (Å²) in [7, 11) is 0. The normalized spacial score (nSPS) is 23.2. The molecule has 1 aromatic rings. The fraction of sp³-hybridized carbons (Fsp3) is 0.412. The third kappa shape index (κ3) is 2.32. The van der Waals surface area contributed by atoms with E-state index in [1.165, 1.54) is 0 Å². The quantitative estimate of drug-likeness (QED) is 0.476. The van der Waals surface area contributed by atoms with Gasteiger partial charge in [-0.25, -0.2) is 0 Å². The molecule has 0 bridgehead atoms. The highest BCUT2D eigenvalue weighted by molar-refractivity contribution is 6.25. The lowest BCUT2D eigenvalue weighted by Crippen LogP contribution is -2.54. The van der Waals surface area contributed by atoms with Crippen LogP contribution in [0.4, 0.5) is 5.69 Å². The van der Waals surface area contributed by atoms with Crippen molar-refractivity contribution in [1.29, 1.82) is 0 Å². The molecule has 0 spiro atoms. The van der Waals surface area contributed by atoms with Gasteiger partial charge in [-0.1, -0.05) is 0 Å². The first-order valence-electron chi connectivity index (χ1n) is 8.35. The second kappa shape index (κ2) is 5.66. The first-order valence-corrected chi connectivity index (χ1v) is 8.35. The van der Waals surface area contributed by atoms with Gasteiger partial charge >= 0.3 is 0 Å². The number of nitrogens with two attached hydrogens (primary N) is 1. The van der Waals surface area contributed by atoms with Crippen molar-refractivity contribution in [3.8, 4) is 0 Å². The fourth-order valence-electron chi connectivity index (χ4n) is 3.82. The van der Waals surface area contributed by atoms with Gasteiger partial charge < -0.3 is 11.1 Å². The Bertz CT molecular complexity index is 832. The van der Waals surface area contributed by atoms with Crippen LogP contribution >= 0.6 is 0 Å². The van der Waals surface area contributed by atoms with E-state index in [9.17, 15) is 19.2 Å². The van der Waals surface area contributed by atoms with E-state index in [1.54, 1.807) is 6.07 Å². The molecule has 1 atom stereocenters. The highest BCUT2D eigenvalue weighted by Crippen LogP contribution is 2.36. The number of anilines is 1. The zero-order chi connectivity index (χ0) is 17.7. The Balaban J connectivity index is 1.76. The van der Waals surface area contributed by atoms with E-state index >= 15 is 0 Å². The lowest BCUT2D eigenvalue weighted by Gasteiger charge is -2.27. The molecule has 0 radical (unpaired) electrons. The number of nitrogens with zero attached hydrogens (tertiary/aromatic N) is 1. The number of amides is 4. The van der Waals surface area contributed by atoms with E-state index in [0.29, 0.717) is 12.2 Å². The van der Waals surface area contributed by atoms with E-state index in [2.05, 4.69) is 10.6 Å². The average Bonchev–Trinajstić information content (AvgIpc) is 2.74. The molecule has 4 N–H and O–H groups in total. The van der Waals surface area contributed by atoms with Crippen molar-refractivity contribution < 1.29 is 19.2 Å². The second-order valence-corrected chi connectivity index (χ2v) is 6.58. The van der Waals surface area contributed by atoms with Crippen molar-refractivity contribution in [3.63, 3.8) is 0 Å². The number of benzene rings is 1. The number of hydrogen-bond donors (Lipinski definition) is 3. The van der Waals surface area contributed by atoms with Gasteiger partial charge in [0.05, 0.1) is 11.1 Å². The van der Waals surface area contributed by atoms with Gasteiger partial charge in [0.1, 0.15) is 6.04 Å². The molecular weight excluding hydrogens is 324 g/mol. The first-order chi connectivity index (χ1) is 12.0. The average molecular weight is 342 g/mol. The minimum Gasteiger partial charge on any atom is -0.398 e. The Morgan fingerprint density at radius 2 is 1.92 bits per heavy atom. The third-order valence-corrected chi connectivity index (χ3v) is 5.07. The van der Waals surface area contributed by atoms with Gasteiger partial charge in [-0.2, -0.15) is 0 Å². The zero-order valence-electron chi connectivity index (χ0n) is 13.6. The van der Waals surface area contributed by atoms with Crippen molar-refractivity contribution >= 4 is 29.3 Å². The third-order valence-electron chi connectivity index (χ3n) is 5.07. The van der Waals surface area contributed by atoms with Gasteiger partial charge in [0.25, 0.3) is 11.8 Å². The maximum Gasteiger partial charge on any atom is 0.264 e. The van der Waals surface area contributed by atoms with Crippen LogP contribution in [0.3, 0.4) is 0 Å². The molecule has 0 aliphatic carbocycles. The molecule has 1 unspecified atom stereocenters. The molecule has 4 rings (SSSR count). The number of carbonyl (C=O) groups is 4. The molecule has 1 aromatic carbocycles. The topological polar surface area (TPSA) is 122 Å². The lowest BCUT2D eigenvalue weighted by molar-refractivity contribution is -0.136. The predicted octanol–water partition coefficient (Wildman–Crippen LogP) is -0.294. The van der Waals surface area contributed by atoms with Gasteiger partial charge in [-0.3, -0.25) is 29.4 Å². The molecule has 0 saturated carbocycles. The largest absolute Gasteiger partial charge is 0.398 e. The molecule has 8 nitrogen and oxygen atoms in total. The minimum absolute atomic E-state index is 0.0969. The number of imide groups is 2. The number of piperidine rings is 1. The van der Waals surface area contributed by atoms with Crippen LogP contribution in [0.1, 0.15) is 51.1 Å². The lowest BCUT2D eigenvalue weighted by atomic mass is 9.95. The minimum atomic E-state index is -0.970. The first kappa shape index (κ1) is 15.8. The Labute approximate surface area is 143 Å². The second-order valence-electron chi connectivity index (χ2n) is 6.58. The van der Waals surface area contributed by atoms with Crippen LogP contribution in [0.15, 0.2) is 6.07 Å². The molecular formula is C17H18N4O4. The van der Waals surface area contributed by atoms with Gasteiger partial charge in [0.15, 0.2) is 0 Å². The molecule has 130 valence electrons. The van der Waals surface area contributed by atoms with Gasteiger partial charge in [0.2, 0.25) is 11.8 Å². The molecule has 25 heavy (non-hydrogen) atoms. The van der Waals surface area contributed by atoms with Crippen LogP contribution in [0, 0.1) is 0 Å². The molecule has 3 aliphatic rings. The molecule has 1 saturated heterocycles. The van der Waals surface area contributed by atoms with Crippen LogP contribution in [-0.4, -0.2) is 41.1 Å². The molecule has 3 heterocycles. The number of nitrogens with one attached hydrogen (secondary N) is 2. The number of nitrogen functional groups attached to an aromatic ring is 1. The van der Waals surface area contributed by atoms with Crippen LogP contribution in [0.25, 0.3) is 0 Å². The fourth-order valence-corrected chi connectivity index (χ4v) is 3.82. The molecule has 1 fully saturated rings. The summed E-state index contributed by atoms with van der Waals surface area (Å²) in [4.78, 5) is 50.1. The van der Waals surface area contributed by atoms with Gasteiger partial charge in [-0.05, 0) is 43.0 Å². The van der Waals surface area contributed by atoms with Crippen molar-refractivity contribution in [3.05, 3.63) is 28.3 Å². The maximum absolute atomic E-state index is 12.9. The molecule has 3 aliphatic heterocycles. The van der Waals surface area contributed by atoms with Crippen LogP contribution in [-0.2, 0) is 22.6 Å². The number of hydrogen-bond acceptors (Lipinski definition) is 6. The van der Waals surface area contributed by atoms with E-state index in [1.807, 2.05) is 0 Å². The highest BCUT2D eigenvalue weighted by Gasteiger charge is 2.46. The molecule has 4 amide bonds. The van der Waals surface area contributed by atoms with Crippen molar-refractivity contribution in [2.45, 2.75) is 38.3 Å². The Kier molecular flexibility index (Phi) is 3.57. The van der Waals surface area contributed by atoms with Gasteiger partial charge in [-0.15, -0.1) is 0 Å². The Morgan fingerprint density at radius 1 is 1.12 bits per heavy atom. The monoisotopic (exact) mass is 342 g/mol. The number of carbonyl (C=O) groups excluding carboxylic acids is 4. The van der Waals surface area contributed by atoms with Crippen molar-refractivity contribution in [2.75, 3.05) is 12.3 Å². The van der Waals surface area contributed by atoms with E-state index in [4.69, 9.17) is 5.73 Å². The SMILES string of the molecule is Nc1c2c(cc3c1C(=O)N(C1CCC(=O)NC1=O)C3=O)CNCCC2. The zero-order valence-corrected chi connectivity index (χ0v) is 13.6. The Morgan fingerprint density at radius 3 is 2.68 bits per heavy atom. The smallest absolute Gasteiger partial charge is 0.264 e. The van der Waals surface area contributed by atoms with Crippen molar-refractivity contribution in [1.82, 2.24) is 15.5 Å². The summed E-state index contributed by atoms with van der Waals surface area (Å²) in [6.45, 7) is 1.44. The summed E-state index contributed by atoms with van der Waals surface area (Å²) in [6, 6.07) is 0.744.